The molecule has 0 atom stereocenters. The molecule has 0 bridgehead atoms. The topological polar surface area (TPSA) is 175 Å². The molecule has 0 heterocycles. The van der Waals surface area contributed by atoms with Crippen molar-refractivity contribution in [3.05, 3.63) is 12.1 Å². The fourth-order valence-corrected chi connectivity index (χ4v) is 5.29. The second-order valence-electron chi connectivity index (χ2n) is 9.31. The SMILES string of the molecule is CC[NH+](C(C)C)C(C)C.CC[NH+](C(C)C)C(C)C.Nc1cc(N)c(S(=O)(=O)[O-])cc1S(=O)(=O)[O-]. The van der Waals surface area contributed by atoms with E-state index in [1.54, 1.807) is 9.80 Å². The van der Waals surface area contributed by atoms with Crippen LogP contribution in [0, 0.1) is 0 Å². The number of hydrogen-bond acceptors (Lipinski definition) is 8. The quantitative estimate of drug-likeness (QED) is 0.272. The van der Waals surface area contributed by atoms with Crippen molar-refractivity contribution in [2.45, 2.75) is 103 Å². The summed E-state index contributed by atoms with van der Waals surface area (Å²) in [5.41, 5.74) is 9.30. The Kier molecular flexibility index (Phi) is 15.2. The Morgan fingerprint density at radius 2 is 0.882 bits per heavy atom. The van der Waals surface area contributed by atoms with Gasteiger partial charge in [-0.05, 0) is 81.4 Å². The zero-order valence-corrected chi connectivity index (χ0v) is 23.9. The van der Waals surface area contributed by atoms with Crippen molar-refractivity contribution in [2.24, 2.45) is 0 Å². The van der Waals surface area contributed by atoms with Gasteiger partial charge in [-0.2, -0.15) is 0 Å². The highest BCUT2D eigenvalue weighted by atomic mass is 32.2. The van der Waals surface area contributed by atoms with E-state index in [1.807, 2.05) is 0 Å². The average Bonchev–Trinajstić information content (AvgIpc) is 2.60. The first-order valence-electron chi connectivity index (χ1n) is 11.5. The number of hydrogen-bond donors (Lipinski definition) is 4. The van der Waals surface area contributed by atoms with Gasteiger partial charge in [0.25, 0.3) is 0 Å². The standard InChI is InChI=1S/2C8H19N.C6H8N2O6S2/c2*1-6-9(7(2)3)8(4)5;7-3-1-4(8)6(16(12,13)14)2-5(3)15(9,10)11/h2*7-8H,6H2,1-5H3;1-2H,7-8H2,(H,9,10,11)(H,12,13,14). The highest BCUT2D eigenvalue weighted by Gasteiger charge is 2.15. The van der Waals surface area contributed by atoms with Gasteiger partial charge in [-0.25, -0.2) is 16.8 Å². The molecule has 34 heavy (non-hydrogen) atoms. The van der Waals surface area contributed by atoms with E-state index in [9.17, 15) is 25.9 Å². The molecule has 0 saturated carbocycles. The number of anilines is 2. The van der Waals surface area contributed by atoms with Gasteiger partial charge in [0, 0.05) is 0 Å². The van der Waals surface area contributed by atoms with Crippen LogP contribution in [0.25, 0.3) is 0 Å². The Morgan fingerprint density at radius 1 is 0.647 bits per heavy atom. The third-order valence-corrected chi connectivity index (χ3v) is 7.25. The van der Waals surface area contributed by atoms with Gasteiger partial charge in [0.2, 0.25) is 0 Å². The highest BCUT2D eigenvalue weighted by Crippen LogP contribution is 2.27. The van der Waals surface area contributed by atoms with Crippen LogP contribution >= 0.6 is 0 Å². The Labute approximate surface area is 207 Å². The molecule has 0 unspecified atom stereocenters. The van der Waals surface area contributed by atoms with E-state index < -0.39 is 41.4 Å². The third kappa shape index (κ3) is 12.3. The Morgan fingerprint density at radius 3 is 1.00 bits per heavy atom. The minimum atomic E-state index is -4.97. The maximum atomic E-state index is 10.7. The molecule has 0 aliphatic heterocycles. The van der Waals surface area contributed by atoms with Gasteiger partial charge in [0.15, 0.2) is 0 Å². The number of rotatable bonds is 8. The lowest BCUT2D eigenvalue weighted by Gasteiger charge is -2.25. The predicted molar refractivity (Wildman–Crippen MR) is 135 cm³/mol. The van der Waals surface area contributed by atoms with Crippen LogP contribution in [-0.2, 0) is 20.2 Å². The lowest BCUT2D eigenvalue weighted by atomic mass is 10.2. The largest absolute Gasteiger partial charge is 0.744 e. The summed E-state index contributed by atoms with van der Waals surface area (Å²) in [6.45, 7) is 25.2. The van der Waals surface area contributed by atoms with Gasteiger partial charge in [-0.3, -0.25) is 0 Å². The summed E-state index contributed by atoms with van der Waals surface area (Å²) in [5.74, 6) is 0. The van der Waals surface area contributed by atoms with Crippen molar-refractivity contribution in [1.29, 1.82) is 0 Å². The maximum absolute atomic E-state index is 10.7. The Bertz CT molecular complexity index is 857. The zero-order valence-electron chi connectivity index (χ0n) is 22.3. The lowest BCUT2D eigenvalue weighted by Crippen LogP contribution is -3.17. The second-order valence-corrected chi connectivity index (χ2v) is 12.0. The fraction of sp³-hybridized carbons (Fsp3) is 0.727. The van der Waals surface area contributed by atoms with Crippen molar-refractivity contribution < 1.29 is 35.7 Å². The molecule has 0 fully saturated rings. The van der Waals surface area contributed by atoms with Gasteiger partial charge in [-0.1, -0.05) is 0 Å². The van der Waals surface area contributed by atoms with Gasteiger partial charge < -0.3 is 30.4 Å². The van der Waals surface area contributed by atoms with Crippen LogP contribution in [0.4, 0.5) is 11.4 Å². The molecule has 0 aliphatic carbocycles. The molecular weight excluding hydrogens is 480 g/mol. The first-order chi connectivity index (χ1) is 15.2. The number of quaternary nitrogens is 2. The predicted octanol–water partition coefficient (Wildman–Crippen LogP) is 0.0752. The van der Waals surface area contributed by atoms with Crippen LogP contribution in [-0.4, -0.2) is 63.2 Å². The number of nitrogen functional groups attached to an aromatic ring is 2. The molecule has 0 saturated heterocycles. The van der Waals surface area contributed by atoms with E-state index >= 15 is 0 Å². The molecule has 0 spiro atoms. The van der Waals surface area contributed by atoms with Crippen molar-refractivity contribution in [2.75, 3.05) is 24.6 Å². The summed E-state index contributed by atoms with van der Waals surface area (Å²) >= 11 is 0. The molecule has 12 heteroatoms. The molecule has 0 radical (unpaired) electrons. The van der Waals surface area contributed by atoms with Gasteiger partial charge in [0.05, 0.1) is 58.4 Å². The van der Waals surface area contributed by atoms with E-state index in [0.717, 1.165) is 30.2 Å². The van der Waals surface area contributed by atoms with Crippen LogP contribution in [0.5, 0.6) is 0 Å². The van der Waals surface area contributed by atoms with Gasteiger partial charge in [-0.15, -0.1) is 0 Å². The summed E-state index contributed by atoms with van der Waals surface area (Å²) in [5, 5.41) is 0. The van der Waals surface area contributed by atoms with Crippen molar-refractivity contribution >= 4 is 31.6 Å². The second kappa shape index (κ2) is 14.8. The summed E-state index contributed by atoms with van der Waals surface area (Å²) in [6.07, 6.45) is 0. The van der Waals surface area contributed by atoms with Crippen molar-refractivity contribution in [3.63, 3.8) is 0 Å². The summed E-state index contributed by atoms with van der Waals surface area (Å²) in [4.78, 5) is 1.40. The minimum absolute atomic E-state index is 0.356. The molecule has 6 N–H and O–H groups in total. The molecule has 0 amide bonds. The van der Waals surface area contributed by atoms with E-state index in [1.165, 1.54) is 13.1 Å². The molecule has 10 nitrogen and oxygen atoms in total. The van der Waals surface area contributed by atoms with Crippen molar-refractivity contribution in [1.82, 2.24) is 0 Å². The smallest absolute Gasteiger partial charge is 0.126 e. The first kappa shape index (κ1) is 34.7. The molecule has 1 aromatic rings. The van der Waals surface area contributed by atoms with Crippen molar-refractivity contribution in [3.8, 4) is 0 Å². The maximum Gasteiger partial charge on any atom is 0.126 e. The van der Waals surface area contributed by atoms with E-state index in [-0.39, 0.29) is 0 Å². The minimum Gasteiger partial charge on any atom is -0.744 e. The highest BCUT2D eigenvalue weighted by molar-refractivity contribution is 7.86. The Hall–Kier alpha value is -1.44. The Balaban J connectivity index is 0. The fourth-order valence-electron chi connectivity index (χ4n) is 3.99. The summed E-state index contributed by atoms with van der Waals surface area (Å²) in [7, 11) is -9.93. The third-order valence-electron chi connectivity index (χ3n) is 5.46. The molecule has 0 aliphatic rings. The van der Waals surface area contributed by atoms with Crippen LogP contribution in [0.3, 0.4) is 0 Å². The normalized spacial score (nSPS) is 12.3. The van der Waals surface area contributed by atoms with Gasteiger partial charge in [0.1, 0.15) is 20.2 Å². The van der Waals surface area contributed by atoms with Crippen LogP contribution in [0.1, 0.15) is 69.2 Å². The summed E-state index contributed by atoms with van der Waals surface area (Å²) < 4.78 is 64.0. The molecule has 0 aromatic heterocycles. The number of benzene rings is 1. The zero-order chi connectivity index (χ0) is 27.6. The molecule has 1 rings (SSSR count). The van der Waals surface area contributed by atoms with Crippen LogP contribution < -0.4 is 21.3 Å². The van der Waals surface area contributed by atoms with Crippen LogP contribution in [0.2, 0.25) is 0 Å². The van der Waals surface area contributed by atoms with Gasteiger partial charge >= 0.3 is 0 Å². The van der Waals surface area contributed by atoms with Crippen LogP contribution in [0.15, 0.2) is 21.9 Å². The van der Waals surface area contributed by atoms with E-state index in [2.05, 4.69) is 69.2 Å². The monoisotopic (exact) mass is 526 g/mol. The number of nitrogens with one attached hydrogen (secondary N) is 2. The molecule has 202 valence electrons. The lowest BCUT2D eigenvalue weighted by molar-refractivity contribution is -0.940. The molecular formula is C22H46N4O6S2. The van der Waals surface area contributed by atoms with E-state index in [0.29, 0.717) is 6.07 Å². The van der Waals surface area contributed by atoms with E-state index in [4.69, 9.17) is 11.5 Å². The summed E-state index contributed by atoms with van der Waals surface area (Å²) in [6, 6.07) is 4.18. The average molecular weight is 527 g/mol. The first-order valence-corrected chi connectivity index (χ1v) is 14.4. The molecule has 1 aromatic carbocycles. The number of nitrogens with two attached hydrogens (primary N) is 2.